The third kappa shape index (κ3) is 7.58. The molecule has 0 radical (unpaired) electrons. The van der Waals surface area contributed by atoms with E-state index in [4.69, 9.17) is 0 Å². The first kappa shape index (κ1) is 24.7. The molecule has 1 aliphatic heterocycles. The second kappa shape index (κ2) is 13.0. The van der Waals surface area contributed by atoms with Crippen molar-refractivity contribution in [3.8, 4) is 0 Å². The Morgan fingerprint density at radius 1 is 0.879 bits per heavy atom. The van der Waals surface area contributed by atoms with Crippen molar-refractivity contribution in [3.63, 3.8) is 0 Å². The number of likely N-dealkylation sites (N-methyl/N-ethyl adjacent to an activating group) is 1. The molecular formula is C26H37N5O2. The molecule has 0 spiro atoms. The van der Waals surface area contributed by atoms with Crippen molar-refractivity contribution < 1.29 is 9.59 Å². The lowest BCUT2D eigenvalue weighted by molar-refractivity contribution is -0.122. The molecule has 0 aliphatic carbocycles. The van der Waals surface area contributed by atoms with E-state index in [2.05, 4.69) is 46.4 Å². The number of carbonyl (C=O) groups is 2. The average molecular weight is 452 g/mol. The van der Waals surface area contributed by atoms with Crippen LogP contribution >= 0.6 is 0 Å². The van der Waals surface area contributed by atoms with Crippen molar-refractivity contribution in [2.24, 2.45) is 0 Å². The van der Waals surface area contributed by atoms with Crippen molar-refractivity contribution in [3.05, 3.63) is 71.8 Å². The lowest BCUT2D eigenvalue weighted by atomic mass is 10.1. The molecule has 3 amide bonds. The second-order valence-electron chi connectivity index (χ2n) is 8.36. The Kier molecular flexibility index (Phi) is 9.72. The Morgan fingerprint density at radius 2 is 1.48 bits per heavy atom. The van der Waals surface area contributed by atoms with Gasteiger partial charge in [-0.05, 0) is 24.2 Å². The monoisotopic (exact) mass is 451 g/mol. The van der Waals surface area contributed by atoms with E-state index in [1.165, 1.54) is 5.56 Å². The summed E-state index contributed by atoms with van der Waals surface area (Å²) in [4.78, 5) is 31.4. The van der Waals surface area contributed by atoms with E-state index in [1.54, 1.807) is 0 Å². The van der Waals surface area contributed by atoms with E-state index in [-0.39, 0.29) is 18.0 Å². The fraction of sp³-hybridized carbons (Fsp3) is 0.462. The molecule has 2 aromatic carbocycles. The average Bonchev–Trinajstić information content (AvgIpc) is 2.86. The molecule has 2 N–H and O–H groups in total. The van der Waals surface area contributed by atoms with Gasteiger partial charge in [0.05, 0.1) is 12.6 Å². The van der Waals surface area contributed by atoms with Gasteiger partial charge in [0.25, 0.3) is 0 Å². The van der Waals surface area contributed by atoms with Crippen molar-refractivity contribution in [1.29, 1.82) is 0 Å². The van der Waals surface area contributed by atoms with Crippen molar-refractivity contribution in [2.45, 2.75) is 26.4 Å². The Labute approximate surface area is 197 Å². The van der Waals surface area contributed by atoms with Gasteiger partial charge in [-0.15, -0.1) is 0 Å². The summed E-state index contributed by atoms with van der Waals surface area (Å²) in [5.41, 5.74) is 2.30. The lowest BCUT2D eigenvalue weighted by Crippen LogP contribution is -2.54. The van der Waals surface area contributed by atoms with Gasteiger partial charge < -0.3 is 15.5 Å². The van der Waals surface area contributed by atoms with E-state index in [0.29, 0.717) is 45.8 Å². The summed E-state index contributed by atoms with van der Waals surface area (Å²) in [5, 5.41) is 6.11. The van der Waals surface area contributed by atoms with Crippen LogP contribution in [0, 0.1) is 0 Å². The SMILES string of the molecule is CCN(CC)C(CNC(=O)N1CCN(CC(=O)NCc2ccccc2)CC1)c1ccccc1. The molecule has 33 heavy (non-hydrogen) atoms. The van der Waals surface area contributed by atoms with Crippen LogP contribution in [0.25, 0.3) is 0 Å². The highest BCUT2D eigenvalue weighted by Gasteiger charge is 2.24. The normalized spacial score (nSPS) is 15.3. The summed E-state index contributed by atoms with van der Waals surface area (Å²) in [5.74, 6) is 0.0154. The molecule has 1 unspecified atom stereocenters. The molecule has 1 heterocycles. The van der Waals surface area contributed by atoms with Gasteiger partial charge in [0.1, 0.15) is 0 Å². The highest BCUT2D eigenvalue weighted by atomic mass is 16.2. The number of rotatable bonds is 10. The quantitative estimate of drug-likeness (QED) is 0.583. The molecule has 7 heteroatoms. The van der Waals surface area contributed by atoms with Gasteiger partial charge in [0.2, 0.25) is 5.91 Å². The Balaban J connectivity index is 1.42. The summed E-state index contributed by atoms with van der Waals surface area (Å²) in [7, 11) is 0. The van der Waals surface area contributed by atoms with Crippen LogP contribution in [-0.4, -0.2) is 79.0 Å². The minimum atomic E-state index is -0.0312. The van der Waals surface area contributed by atoms with E-state index in [1.807, 2.05) is 53.4 Å². The van der Waals surface area contributed by atoms with Crippen LogP contribution < -0.4 is 10.6 Å². The number of hydrogen-bond acceptors (Lipinski definition) is 4. The Morgan fingerprint density at radius 3 is 2.09 bits per heavy atom. The number of nitrogens with one attached hydrogen (secondary N) is 2. The summed E-state index contributed by atoms with van der Waals surface area (Å²) in [6.07, 6.45) is 0. The van der Waals surface area contributed by atoms with Gasteiger partial charge >= 0.3 is 6.03 Å². The zero-order chi connectivity index (χ0) is 23.5. The minimum absolute atomic E-state index is 0.0154. The predicted molar refractivity (Wildman–Crippen MR) is 132 cm³/mol. The number of benzene rings is 2. The van der Waals surface area contributed by atoms with Crippen molar-refractivity contribution >= 4 is 11.9 Å². The van der Waals surface area contributed by atoms with Crippen molar-refractivity contribution in [1.82, 2.24) is 25.3 Å². The number of piperazine rings is 1. The molecule has 1 aliphatic rings. The maximum absolute atomic E-state index is 12.8. The molecule has 1 saturated heterocycles. The van der Waals surface area contributed by atoms with Gasteiger partial charge in [-0.3, -0.25) is 14.6 Å². The van der Waals surface area contributed by atoms with Gasteiger partial charge in [0.15, 0.2) is 0 Å². The molecule has 178 valence electrons. The first-order valence-corrected chi connectivity index (χ1v) is 12.0. The summed E-state index contributed by atoms with van der Waals surface area (Å²) in [6, 6.07) is 20.4. The molecule has 7 nitrogen and oxygen atoms in total. The molecule has 2 aromatic rings. The summed E-state index contributed by atoms with van der Waals surface area (Å²) >= 11 is 0. The molecule has 0 saturated carbocycles. The van der Waals surface area contributed by atoms with Gasteiger partial charge in [0, 0.05) is 39.3 Å². The van der Waals surface area contributed by atoms with E-state index < -0.39 is 0 Å². The van der Waals surface area contributed by atoms with Gasteiger partial charge in [-0.25, -0.2) is 4.79 Å². The number of carbonyl (C=O) groups excluding carboxylic acids is 2. The molecule has 1 atom stereocenters. The maximum Gasteiger partial charge on any atom is 0.317 e. The third-order valence-electron chi connectivity index (χ3n) is 6.24. The standard InChI is InChI=1S/C26H37N5O2/c1-3-30(4-2)24(23-13-9-6-10-14-23)20-28-26(33)31-17-15-29(16-18-31)21-25(32)27-19-22-11-7-5-8-12-22/h5-14,24H,3-4,15-21H2,1-2H3,(H,27,32)(H,28,33). The van der Waals surface area contributed by atoms with Crippen LogP contribution in [0.1, 0.15) is 31.0 Å². The van der Waals surface area contributed by atoms with Crippen LogP contribution in [0.5, 0.6) is 0 Å². The van der Waals surface area contributed by atoms with Crippen LogP contribution in [0.15, 0.2) is 60.7 Å². The Hall–Kier alpha value is -2.90. The number of nitrogens with zero attached hydrogens (tertiary/aromatic N) is 3. The van der Waals surface area contributed by atoms with Crippen LogP contribution in [0.3, 0.4) is 0 Å². The van der Waals surface area contributed by atoms with Crippen LogP contribution in [0.2, 0.25) is 0 Å². The highest BCUT2D eigenvalue weighted by Crippen LogP contribution is 2.19. The molecule has 3 rings (SSSR count). The second-order valence-corrected chi connectivity index (χ2v) is 8.36. The van der Waals surface area contributed by atoms with Crippen molar-refractivity contribution in [2.75, 3.05) is 52.4 Å². The Bertz CT molecular complexity index is 850. The largest absolute Gasteiger partial charge is 0.351 e. The fourth-order valence-corrected chi connectivity index (χ4v) is 4.26. The lowest BCUT2D eigenvalue weighted by Gasteiger charge is -2.35. The summed E-state index contributed by atoms with van der Waals surface area (Å²) in [6.45, 7) is 10.3. The first-order valence-electron chi connectivity index (χ1n) is 12.0. The first-order chi connectivity index (χ1) is 16.1. The topological polar surface area (TPSA) is 67.9 Å². The smallest absolute Gasteiger partial charge is 0.317 e. The van der Waals surface area contributed by atoms with Crippen LogP contribution in [-0.2, 0) is 11.3 Å². The van der Waals surface area contributed by atoms with Crippen LogP contribution in [0.4, 0.5) is 4.79 Å². The third-order valence-corrected chi connectivity index (χ3v) is 6.24. The molecule has 0 aromatic heterocycles. The van der Waals surface area contributed by atoms with E-state index >= 15 is 0 Å². The van der Waals surface area contributed by atoms with E-state index in [9.17, 15) is 9.59 Å². The highest BCUT2D eigenvalue weighted by molar-refractivity contribution is 5.78. The zero-order valence-electron chi connectivity index (χ0n) is 19.9. The predicted octanol–water partition coefficient (Wildman–Crippen LogP) is 2.71. The fourth-order valence-electron chi connectivity index (χ4n) is 4.26. The number of amides is 3. The minimum Gasteiger partial charge on any atom is -0.351 e. The summed E-state index contributed by atoms with van der Waals surface area (Å²) < 4.78 is 0. The van der Waals surface area contributed by atoms with Gasteiger partial charge in [-0.1, -0.05) is 74.5 Å². The molecule has 1 fully saturated rings. The molecule has 0 bridgehead atoms. The zero-order valence-corrected chi connectivity index (χ0v) is 19.9. The molecular weight excluding hydrogens is 414 g/mol. The number of hydrogen-bond donors (Lipinski definition) is 2. The number of urea groups is 1. The van der Waals surface area contributed by atoms with E-state index in [0.717, 1.165) is 18.7 Å². The van der Waals surface area contributed by atoms with Gasteiger partial charge in [-0.2, -0.15) is 0 Å². The maximum atomic E-state index is 12.8.